The van der Waals surface area contributed by atoms with Crippen molar-refractivity contribution in [2.24, 2.45) is 0 Å². The van der Waals surface area contributed by atoms with Gasteiger partial charge in [0.25, 0.3) is 0 Å². The number of pyridine rings is 1. The minimum absolute atomic E-state index is 0.945. The minimum Gasteiger partial charge on any atom is -0.465 e. The zero-order valence-corrected chi connectivity index (χ0v) is 10.8. The number of nitrogens with zero attached hydrogens (tertiary/aromatic N) is 3. The van der Waals surface area contributed by atoms with Gasteiger partial charge in [0.1, 0.15) is 5.82 Å². The summed E-state index contributed by atoms with van der Waals surface area (Å²) in [4.78, 5) is 10.5. The maximum absolute atomic E-state index is 4.55. The van der Waals surface area contributed by atoms with Gasteiger partial charge in [-0.05, 0) is 20.2 Å². The second-order valence-electron chi connectivity index (χ2n) is 4.96. The molecule has 1 N–H and O–H groups in total. The van der Waals surface area contributed by atoms with E-state index >= 15 is 0 Å². The molecule has 2 heterocycles. The Kier molecular flexibility index (Phi) is 3.97. The number of piperazine rings is 1. The molecule has 4 heteroatoms. The van der Waals surface area contributed by atoms with Crippen LogP contribution in [-0.4, -0.2) is 50.2 Å². The summed E-state index contributed by atoms with van der Waals surface area (Å²) in [6.45, 7) is 5.24. The highest BCUT2D eigenvalue weighted by Gasteiger charge is 2.18. The van der Waals surface area contributed by atoms with Gasteiger partial charge in [-0.25, -0.2) is 4.98 Å². The Morgan fingerprint density at radius 3 is 2.76 bits per heavy atom. The molecule has 0 bridgehead atoms. The quantitative estimate of drug-likeness (QED) is 0.723. The van der Waals surface area contributed by atoms with Crippen LogP contribution in [0.5, 0.6) is 0 Å². The Labute approximate surface area is 104 Å². The Morgan fingerprint density at radius 2 is 2.12 bits per heavy atom. The number of hydrogen-bond donors (Lipinski definition) is 1. The molecule has 0 spiro atoms. The first-order chi connectivity index (χ1) is 8.16. The van der Waals surface area contributed by atoms with Gasteiger partial charge < -0.3 is 14.7 Å². The third-order valence-corrected chi connectivity index (χ3v) is 3.12. The number of quaternary nitrogens is 1. The molecule has 0 aromatic carbocycles. The first kappa shape index (κ1) is 12.3. The molecule has 4 nitrogen and oxygen atoms in total. The Morgan fingerprint density at radius 1 is 1.41 bits per heavy atom. The van der Waals surface area contributed by atoms with Crippen molar-refractivity contribution < 1.29 is 4.90 Å². The summed E-state index contributed by atoms with van der Waals surface area (Å²) in [6, 6.07) is 4.19. The van der Waals surface area contributed by atoms with E-state index in [2.05, 4.69) is 42.0 Å². The van der Waals surface area contributed by atoms with Crippen LogP contribution in [0, 0.1) is 7.05 Å². The highest BCUT2D eigenvalue weighted by Crippen LogP contribution is 2.18. The van der Waals surface area contributed by atoms with Crippen LogP contribution in [0.25, 0.3) is 0 Å². The standard InChI is InChI=1S/C13H22N4/c1-15(2)11-12-5-4-6-14-13(12)17-9-7-16(3)8-10-17/h4-6,16H,3,7-11H2,1-2H3. The zero-order valence-electron chi connectivity index (χ0n) is 10.8. The fourth-order valence-electron chi connectivity index (χ4n) is 2.21. The van der Waals surface area contributed by atoms with Crippen molar-refractivity contribution in [3.8, 4) is 0 Å². The molecule has 0 unspecified atom stereocenters. The normalized spacial score (nSPS) is 17.8. The lowest BCUT2D eigenvalue weighted by Gasteiger charge is -2.35. The van der Waals surface area contributed by atoms with Crippen LogP contribution >= 0.6 is 0 Å². The molecule has 17 heavy (non-hydrogen) atoms. The summed E-state index contributed by atoms with van der Waals surface area (Å²) in [5, 5.41) is 0. The van der Waals surface area contributed by atoms with Gasteiger partial charge in [0.2, 0.25) is 0 Å². The van der Waals surface area contributed by atoms with E-state index in [-0.39, 0.29) is 0 Å². The largest absolute Gasteiger partial charge is 0.465 e. The van der Waals surface area contributed by atoms with Crippen LogP contribution in [0.3, 0.4) is 0 Å². The maximum atomic E-state index is 4.55. The molecule has 94 valence electrons. The highest BCUT2D eigenvalue weighted by molar-refractivity contribution is 5.46. The van der Waals surface area contributed by atoms with Crippen molar-refractivity contribution in [3.05, 3.63) is 30.9 Å². The third-order valence-electron chi connectivity index (χ3n) is 3.12. The number of aromatic nitrogens is 1. The van der Waals surface area contributed by atoms with E-state index in [1.807, 2.05) is 12.3 Å². The van der Waals surface area contributed by atoms with Crippen molar-refractivity contribution >= 4 is 5.82 Å². The predicted octanol–water partition coefficient (Wildman–Crippen LogP) is -0.360. The number of anilines is 1. The van der Waals surface area contributed by atoms with Crippen molar-refractivity contribution in [3.63, 3.8) is 0 Å². The Balaban J connectivity index is 2.14. The fourth-order valence-corrected chi connectivity index (χ4v) is 2.21. The summed E-state index contributed by atoms with van der Waals surface area (Å²) in [7, 11) is 8.24. The number of nitrogens with one attached hydrogen (secondary N) is 1. The molecular formula is C13H22N4. The van der Waals surface area contributed by atoms with Gasteiger partial charge in [0.05, 0.1) is 26.2 Å². The van der Waals surface area contributed by atoms with E-state index in [1.54, 1.807) is 0 Å². The molecule has 1 aliphatic rings. The molecule has 1 saturated heterocycles. The Hall–Kier alpha value is -1.13. The van der Waals surface area contributed by atoms with E-state index in [0.717, 1.165) is 38.5 Å². The van der Waals surface area contributed by atoms with Gasteiger partial charge in [0, 0.05) is 18.3 Å². The van der Waals surface area contributed by atoms with Gasteiger partial charge in [-0.2, -0.15) is 7.05 Å². The second kappa shape index (κ2) is 5.47. The van der Waals surface area contributed by atoms with E-state index in [1.165, 1.54) is 10.5 Å². The van der Waals surface area contributed by atoms with Crippen LogP contribution in [0.4, 0.5) is 5.82 Å². The fraction of sp³-hybridized carbons (Fsp3) is 0.538. The Bertz CT molecular complexity index is 356. The average molecular weight is 234 g/mol. The topological polar surface area (TPSA) is 23.8 Å². The molecule has 0 saturated carbocycles. The van der Waals surface area contributed by atoms with E-state index in [0.29, 0.717) is 0 Å². The molecule has 0 atom stereocenters. The van der Waals surface area contributed by atoms with Gasteiger partial charge in [-0.3, -0.25) is 0 Å². The maximum Gasteiger partial charge on any atom is 0.133 e. The first-order valence-electron chi connectivity index (χ1n) is 6.17. The van der Waals surface area contributed by atoms with Crippen LogP contribution < -0.4 is 9.80 Å². The van der Waals surface area contributed by atoms with Crippen molar-refractivity contribution in [2.45, 2.75) is 6.54 Å². The lowest BCUT2D eigenvalue weighted by Crippen LogP contribution is -3.10. The second-order valence-corrected chi connectivity index (χ2v) is 4.96. The average Bonchev–Trinajstić information content (AvgIpc) is 2.30. The predicted molar refractivity (Wildman–Crippen MR) is 69.9 cm³/mol. The number of hydrogen-bond acceptors (Lipinski definition) is 3. The molecular weight excluding hydrogens is 212 g/mol. The summed E-state index contributed by atoms with van der Waals surface area (Å²) >= 11 is 0. The van der Waals surface area contributed by atoms with E-state index < -0.39 is 0 Å². The van der Waals surface area contributed by atoms with Crippen LogP contribution in [0.15, 0.2) is 18.3 Å². The minimum atomic E-state index is 0.945. The van der Waals surface area contributed by atoms with E-state index in [9.17, 15) is 0 Å². The molecule has 2 rings (SSSR count). The van der Waals surface area contributed by atoms with Crippen molar-refractivity contribution in [1.82, 2.24) is 9.88 Å². The first-order valence-corrected chi connectivity index (χ1v) is 6.17. The molecule has 0 radical (unpaired) electrons. The summed E-state index contributed by atoms with van der Waals surface area (Å²) in [5.41, 5.74) is 1.31. The van der Waals surface area contributed by atoms with Gasteiger partial charge in [0.15, 0.2) is 0 Å². The molecule has 1 aromatic heterocycles. The highest BCUT2D eigenvalue weighted by atomic mass is 15.3. The van der Waals surface area contributed by atoms with Crippen molar-refractivity contribution in [1.29, 1.82) is 0 Å². The van der Waals surface area contributed by atoms with Crippen LogP contribution in [0.2, 0.25) is 0 Å². The summed E-state index contributed by atoms with van der Waals surface area (Å²) in [5.74, 6) is 1.15. The molecule has 1 aromatic rings. The van der Waals surface area contributed by atoms with Gasteiger partial charge in [-0.15, -0.1) is 0 Å². The van der Waals surface area contributed by atoms with E-state index in [4.69, 9.17) is 0 Å². The summed E-state index contributed by atoms with van der Waals surface area (Å²) in [6.07, 6.45) is 1.89. The van der Waals surface area contributed by atoms with Crippen LogP contribution in [0.1, 0.15) is 5.56 Å². The lowest BCUT2D eigenvalue weighted by atomic mass is 10.2. The monoisotopic (exact) mass is 234 g/mol. The third kappa shape index (κ3) is 3.17. The van der Waals surface area contributed by atoms with Gasteiger partial charge >= 0.3 is 0 Å². The molecule has 1 fully saturated rings. The smallest absolute Gasteiger partial charge is 0.133 e. The molecule has 0 aliphatic carbocycles. The number of rotatable bonds is 3. The van der Waals surface area contributed by atoms with Crippen molar-refractivity contribution in [2.75, 3.05) is 45.2 Å². The molecule has 1 aliphatic heterocycles. The van der Waals surface area contributed by atoms with Gasteiger partial charge in [-0.1, -0.05) is 6.07 Å². The van der Waals surface area contributed by atoms with Crippen LogP contribution in [-0.2, 0) is 6.54 Å². The SMILES string of the molecule is [CH2-][NH+]1CCN(c2ncccc2CN(C)C)CC1. The summed E-state index contributed by atoms with van der Waals surface area (Å²) < 4.78 is 0. The molecule has 0 amide bonds. The lowest BCUT2D eigenvalue weighted by molar-refractivity contribution is -0.854. The zero-order chi connectivity index (χ0) is 12.3.